The van der Waals surface area contributed by atoms with Gasteiger partial charge in [0.05, 0.1) is 5.69 Å². The summed E-state index contributed by atoms with van der Waals surface area (Å²) in [6.07, 6.45) is 1.64. The number of anilines is 1. The maximum atomic E-state index is 11.1. The number of hydrogen-bond donors (Lipinski definition) is 2. The smallest absolute Gasteiger partial charge is 0.339 e. The molecule has 0 saturated heterocycles. The molecule has 18 heavy (non-hydrogen) atoms. The Kier molecular flexibility index (Phi) is 3.14. The van der Waals surface area contributed by atoms with Gasteiger partial charge in [-0.3, -0.25) is 4.98 Å². The number of rotatable bonds is 3. The summed E-state index contributed by atoms with van der Waals surface area (Å²) in [5.74, 6) is -0.351. The molecule has 1 aromatic heterocycles. The standard InChI is InChI=1S/C13H12N2O3/c1-8-11(3-2-6-15-8)18-12-7-9(14)4-5-10(12)13(16)17/h2-7H,14H2,1H3,(H,16,17). The molecular formula is C13H12N2O3. The highest BCUT2D eigenvalue weighted by Gasteiger charge is 2.13. The fourth-order valence-electron chi connectivity index (χ4n) is 1.50. The summed E-state index contributed by atoms with van der Waals surface area (Å²) in [7, 11) is 0. The van der Waals surface area contributed by atoms with Crippen molar-refractivity contribution in [1.29, 1.82) is 0 Å². The van der Waals surface area contributed by atoms with Crippen LogP contribution < -0.4 is 10.5 Å². The van der Waals surface area contributed by atoms with Crippen molar-refractivity contribution in [3.8, 4) is 11.5 Å². The summed E-state index contributed by atoms with van der Waals surface area (Å²) < 4.78 is 5.56. The van der Waals surface area contributed by atoms with Crippen molar-refractivity contribution in [2.24, 2.45) is 0 Å². The Balaban J connectivity index is 2.42. The zero-order valence-electron chi connectivity index (χ0n) is 9.75. The van der Waals surface area contributed by atoms with Gasteiger partial charge in [-0.15, -0.1) is 0 Å². The number of hydrogen-bond acceptors (Lipinski definition) is 4. The molecule has 5 heteroatoms. The van der Waals surface area contributed by atoms with Gasteiger partial charge in [-0.05, 0) is 31.2 Å². The minimum absolute atomic E-state index is 0.0625. The first-order chi connectivity index (χ1) is 8.58. The third-order valence-corrected chi connectivity index (χ3v) is 2.41. The van der Waals surface area contributed by atoms with Gasteiger partial charge in [0, 0.05) is 18.0 Å². The first-order valence-corrected chi connectivity index (χ1v) is 5.30. The summed E-state index contributed by atoms with van der Waals surface area (Å²) in [5.41, 5.74) is 6.81. The molecule has 0 unspecified atom stereocenters. The number of benzene rings is 1. The average Bonchev–Trinajstić information content (AvgIpc) is 2.32. The Morgan fingerprint density at radius 3 is 2.78 bits per heavy atom. The Morgan fingerprint density at radius 2 is 2.11 bits per heavy atom. The monoisotopic (exact) mass is 244 g/mol. The van der Waals surface area contributed by atoms with Crippen molar-refractivity contribution >= 4 is 11.7 Å². The Hall–Kier alpha value is -2.56. The highest BCUT2D eigenvalue weighted by Crippen LogP contribution is 2.28. The van der Waals surface area contributed by atoms with Gasteiger partial charge in [0.15, 0.2) is 0 Å². The van der Waals surface area contributed by atoms with Gasteiger partial charge >= 0.3 is 5.97 Å². The number of aryl methyl sites for hydroxylation is 1. The van der Waals surface area contributed by atoms with E-state index in [1.165, 1.54) is 18.2 Å². The van der Waals surface area contributed by atoms with Crippen LogP contribution in [0.25, 0.3) is 0 Å². The van der Waals surface area contributed by atoms with E-state index in [2.05, 4.69) is 4.98 Å². The van der Waals surface area contributed by atoms with Crippen molar-refractivity contribution < 1.29 is 14.6 Å². The molecule has 0 atom stereocenters. The molecule has 1 aromatic carbocycles. The van der Waals surface area contributed by atoms with Gasteiger partial charge in [-0.1, -0.05) is 0 Å². The molecule has 0 aliphatic heterocycles. The van der Waals surface area contributed by atoms with E-state index < -0.39 is 5.97 Å². The molecular weight excluding hydrogens is 232 g/mol. The van der Waals surface area contributed by atoms with Crippen LogP contribution in [0, 0.1) is 6.92 Å². The molecule has 0 spiro atoms. The van der Waals surface area contributed by atoms with Crippen molar-refractivity contribution in [3.63, 3.8) is 0 Å². The quantitative estimate of drug-likeness (QED) is 0.810. The molecule has 0 amide bonds. The van der Waals surface area contributed by atoms with Crippen molar-refractivity contribution in [3.05, 3.63) is 47.8 Å². The molecule has 1 heterocycles. The number of nitrogens with zero attached hydrogens (tertiary/aromatic N) is 1. The lowest BCUT2D eigenvalue weighted by Gasteiger charge is -2.10. The molecule has 0 aliphatic carbocycles. The largest absolute Gasteiger partial charge is 0.478 e. The fraction of sp³-hybridized carbons (Fsp3) is 0.0769. The van der Waals surface area contributed by atoms with Crippen LogP contribution in [0.5, 0.6) is 11.5 Å². The fourth-order valence-corrected chi connectivity index (χ4v) is 1.50. The minimum Gasteiger partial charge on any atom is -0.478 e. The summed E-state index contributed by atoms with van der Waals surface area (Å²) in [5, 5.41) is 9.07. The number of ether oxygens (including phenoxy) is 1. The van der Waals surface area contributed by atoms with Gasteiger partial charge in [-0.2, -0.15) is 0 Å². The van der Waals surface area contributed by atoms with Crippen LogP contribution in [0.2, 0.25) is 0 Å². The van der Waals surface area contributed by atoms with Gasteiger partial charge in [0.25, 0.3) is 0 Å². The van der Waals surface area contributed by atoms with E-state index in [0.29, 0.717) is 17.1 Å². The van der Waals surface area contributed by atoms with Crippen LogP contribution in [0.3, 0.4) is 0 Å². The Morgan fingerprint density at radius 1 is 1.33 bits per heavy atom. The van der Waals surface area contributed by atoms with Crippen LogP contribution in [0.4, 0.5) is 5.69 Å². The number of carbonyl (C=O) groups is 1. The number of aromatic nitrogens is 1. The second-order valence-corrected chi connectivity index (χ2v) is 3.75. The number of pyridine rings is 1. The predicted molar refractivity (Wildman–Crippen MR) is 66.9 cm³/mol. The van der Waals surface area contributed by atoms with Gasteiger partial charge in [-0.25, -0.2) is 4.79 Å². The molecule has 0 fully saturated rings. The average molecular weight is 244 g/mol. The van der Waals surface area contributed by atoms with Crippen LogP contribution in [0.15, 0.2) is 36.5 Å². The first kappa shape index (κ1) is 11.9. The second kappa shape index (κ2) is 4.75. The van der Waals surface area contributed by atoms with Gasteiger partial charge in [0.2, 0.25) is 0 Å². The third-order valence-electron chi connectivity index (χ3n) is 2.41. The lowest BCUT2D eigenvalue weighted by molar-refractivity contribution is 0.0694. The molecule has 0 bridgehead atoms. The van der Waals surface area contributed by atoms with Crippen LogP contribution in [0.1, 0.15) is 16.1 Å². The third kappa shape index (κ3) is 2.40. The van der Waals surface area contributed by atoms with E-state index in [1.54, 1.807) is 25.3 Å². The zero-order valence-corrected chi connectivity index (χ0v) is 9.75. The topological polar surface area (TPSA) is 85.4 Å². The minimum atomic E-state index is -1.06. The van der Waals surface area contributed by atoms with Crippen LogP contribution >= 0.6 is 0 Å². The number of nitrogens with two attached hydrogens (primary N) is 1. The predicted octanol–water partition coefficient (Wildman–Crippen LogP) is 2.46. The molecule has 5 nitrogen and oxygen atoms in total. The normalized spacial score (nSPS) is 10.1. The Labute approximate surface area is 104 Å². The van der Waals surface area contributed by atoms with E-state index >= 15 is 0 Å². The van der Waals surface area contributed by atoms with Gasteiger partial charge < -0.3 is 15.6 Å². The van der Waals surface area contributed by atoms with Crippen molar-refractivity contribution in [2.45, 2.75) is 6.92 Å². The Bertz CT molecular complexity index is 597. The lowest BCUT2D eigenvalue weighted by Crippen LogP contribution is -2.01. The maximum absolute atomic E-state index is 11.1. The molecule has 3 N–H and O–H groups in total. The zero-order chi connectivity index (χ0) is 13.1. The molecule has 0 aliphatic rings. The van der Waals surface area contributed by atoms with E-state index in [9.17, 15) is 4.79 Å². The van der Waals surface area contributed by atoms with Crippen molar-refractivity contribution in [2.75, 3.05) is 5.73 Å². The van der Waals surface area contributed by atoms with Crippen LogP contribution in [-0.4, -0.2) is 16.1 Å². The first-order valence-electron chi connectivity index (χ1n) is 5.30. The number of aromatic carboxylic acids is 1. The van der Waals surface area contributed by atoms with Crippen molar-refractivity contribution in [1.82, 2.24) is 4.98 Å². The summed E-state index contributed by atoms with van der Waals surface area (Å²) in [4.78, 5) is 15.1. The lowest BCUT2D eigenvalue weighted by atomic mass is 10.2. The summed E-state index contributed by atoms with van der Waals surface area (Å²) in [6.45, 7) is 1.78. The number of nitrogen functional groups attached to an aromatic ring is 1. The van der Waals surface area contributed by atoms with Crippen LogP contribution in [-0.2, 0) is 0 Å². The molecule has 2 rings (SSSR count). The molecule has 2 aromatic rings. The number of carboxylic acid groups (broad SMARTS) is 1. The molecule has 0 saturated carbocycles. The van der Waals surface area contributed by atoms with E-state index in [0.717, 1.165) is 0 Å². The highest BCUT2D eigenvalue weighted by molar-refractivity contribution is 5.91. The van der Waals surface area contributed by atoms with E-state index in [-0.39, 0.29) is 11.3 Å². The second-order valence-electron chi connectivity index (χ2n) is 3.75. The summed E-state index contributed by atoms with van der Waals surface area (Å²) >= 11 is 0. The number of carboxylic acids is 1. The SMILES string of the molecule is Cc1ncccc1Oc1cc(N)ccc1C(=O)O. The maximum Gasteiger partial charge on any atom is 0.339 e. The molecule has 0 radical (unpaired) electrons. The molecule has 92 valence electrons. The van der Waals surface area contributed by atoms with Gasteiger partial charge in [0.1, 0.15) is 17.1 Å². The van der Waals surface area contributed by atoms with E-state index in [1.807, 2.05) is 0 Å². The van der Waals surface area contributed by atoms with E-state index in [4.69, 9.17) is 15.6 Å². The summed E-state index contributed by atoms with van der Waals surface area (Å²) in [6, 6.07) is 7.85. The highest BCUT2D eigenvalue weighted by atomic mass is 16.5.